The van der Waals surface area contributed by atoms with E-state index in [-0.39, 0.29) is 0 Å². The van der Waals surface area contributed by atoms with Crippen molar-refractivity contribution >= 4 is 0 Å². The second-order valence-corrected chi connectivity index (χ2v) is 4.22. The van der Waals surface area contributed by atoms with Gasteiger partial charge in [-0.05, 0) is 31.5 Å². The van der Waals surface area contributed by atoms with E-state index < -0.39 is 0 Å². The summed E-state index contributed by atoms with van der Waals surface area (Å²) >= 11 is 0. The van der Waals surface area contributed by atoms with Crippen LogP contribution in [0, 0.1) is 13.8 Å². The van der Waals surface area contributed by atoms with E-state index in [1.54, 1.807) is 21.3 Å². The molecule has 1 heterocycles. The topological polar surface area (TPSA) is 56.4 Å². The molecule has 0 radical (unpaired) electrons. The number of methoxy groups -OCH3 is 3. The van der Waals surface area contributed by atoms with Gasteiger partial charge in [-0.25, -0.2) is 0 Å². The zero-order valence-corrected chi connectivity index (χ0v) is 11.8. The second-order valence-electron chi connectivity index (χ2n) is 4.22. The molecule has 0 amide bonds. The van der Waals surface area contributed by atoms with Gasteiger partial charge >= 0.3 is 0 Å². The summed E-state index contributed by atoms with van der Waals surface area (Å²) in [5.74, 6) is 1.86. The van der Waals surface area contributed by atoms with Crippen LogP contribution in [0.4, 0.5) is 0 Å². The van der Waals surface area contributed by atoms with Crippen LogP contribution in [0.25, 0.3) is 11.1 Å². The maximum atomic E-state index is 5.36. The zero-order valence-electron chi connectivity index (χ0n) is 11.8. The molecule has 0 aliphatic heterocycles. The smallest absolute Gasteiger partial charge is 0.203 e. The Bertz CT molecular complexity index is 546. The van der Waals surface area contributed by atoms with Crippen LogP contribution in [0.2, 0.25) is 0 Å². The third-order valence-electron chi connectivity index (χ3n) is 3.08. The standard InChI is InChI=1S/C14H18N2O3/c1-8-13(9(2)16-15-8)10-6-11(17-3)14(19-5)12(7-10)18-4/h6-7H,1-5H3,(H,15,16). The molecule has 19 heavy (non-hydrogen) atoms. The Morgan fingerprint density at radius 3 is 1.89 bits per heavy atom. The molecule has 1 aromatic heterocycles. The highest BCUT2D eigenvalue weighted by atomic mass is 16.5. The highest BCUT2D eigenvalue weighted by Gasteiger charge is 2.17. The number of aromatic amines is 1. The number of hydrogen-bond donors (Lipinski definition) is 1. The largest absolute Gasteiger partial charge is 0.493 e. The number of benzene rings is 1. The normalized spacial score (nSPS) is 10.4. The van der Waals surface area contributed by atoms with Crippen molar-refractivity contribution in [1.29, 1.82) is 0 Å². The van der Waals surface area contributed by atoms with E-state index in [4.69, 9.17) is 14.2 Å². The quantitative estimate of drug-likeness (QED) is 0.920. The maximum absolute atomic E-state index is 5.36. The van der Waals surface area contributed by atoms with Gasteiger partial charge in [0.05, 0.1) is 27.0 Å². The van der Waals surface area contributed by atoms with Crippen molar-refractivity contribution in [3.05, 3.63) is 23.5 Å². The van der Waals surface area contributed by atoms with Crippen molar-refractivity contribution in [3.8, 4) is 28.4 Å². The summed E-state index contributed by atoms with van der Waals surface area (Å²) < 4.78 is 16.0. The number of hydrogen-bond acceptors (Lipinski definition) is 4. The molecule has 0 spiro atoms. The van der Waals surface area contributed by atoms with Gasteiger partial charge in [0.1, 0.15) is 0 Å². The summed E-state index contributed by atoms with van der Waals surface area (Å²) in [5, 5.41) is 7.18. The Balaban J connectivity index is 2.66. The lowest BCUT2D eigenvalue weighted by atomic mass is 10.0. The number of H-pyrrole nitrogens is 1. The molecule has 0 fully saturated rings. The average molecular weight is 262 g/mol. The van der Waals surface area contributed by atoms with Gasteiger partial charge in [-0.15, -0.1) is 0 Å². The van der Waals surface area contributed by atoms with Crippen molar-refractivity contribution in [2.75, 3.05) is 21.3 Å². The number of ether oxygens (including phenoxy) is 3. The van der Waals surface area contributed by atoms with Gasteiger partial charge in [-0.2, -0.15) is 5.10 Å². The van der Waals surface area contributed by atoms with Crippen LogP contribution in [0.1, 0.15) is 11.4 Å². The van der Waals surface area contributed by atoms with Crippen LogP contribution in [-0.4, -0.2) is 31.5 Å². The van der Waals surface area contributed by atoms with E-state index >= 15 is 0 Å². The molecule has 2 aromatic rings. The van der Waals surface area contributed by atoms with E-state index in [1.807, 2.05) is 26.0 Å². The number of nitrogens with one attached hydrogen (secondary N) is 1. The van der Waals surface area contributed by atoms with Crippen molar-refractivity contribution in [2.24, 2.45) is 0 Å². The van der Waals surface area contributed by atoms with E-state index in [9.17, 15) is 0 Å². The van der Waals surface area contributed by atoms with Gasteiger partial charge in [0.2, 0.25) is 5.75 Å². The minimum atomic E-state index is 0.590. The number of rotatable bonds is 4. The molecule has 5 heteroatoms. The molecule has 2 rings (SSSR count). The Labute approximate surface area is 112 Å². The summed E-state index contributed by atoms with van der Waals surface area (Å²) in [5.41, 5.74) is 3.98. The monoisotopic (exact) mass is 262 g/mol. The molecular formula is C14H18N2O3. The Kier molecular flexibility index (Phi) is 3.64. The van der Waals surface area contributed by atoms with E-state index in [0.29, 0.717) is 17.2 Å². The summed E-state index contributed by atoms with van der Waals surface area (Å²) in [4.78, 5) is 0. The molecule has 0 bridgehead atoms. The fourth-order valence-corrected chi connectivity index (χ4v) is 2.20. The lowest BCUT2D eigenvalue weighted by Gasteiger charge is -2.14. The molecule has 5 nitrogen and oxygen atoms in total. The molecule has 0 atom stereocenters. The molecule has 1 N–H and O–H groups in total. The molecule has 0 aliphatic carbocycles. The molecule has 0 saturated carbocycles. The van der Waals surface area contributed by atoms with Gasteiger partial charge in [0.15, 0.2) is 11.5 Å². The van der Waals surface area contributed by atoms with E-state index in [1.165, 1.54) is 0 Å². The van der Waals surface area contributed by atoms with Crippen LogP contribution in [0.3, 0.4) is 0 Å². The molecule has 0 aliphatic rings. The van der Waals surface area contributed by atoms with Gasteiger partial charge < -0.3 is 14.2 Å². The maximum Gasteiger partial charge on any atom is 0.203 e. The van der Waals surface area contributed by atoms with E-state index in [2.05, 4.69) is 10.2 Å². The highest BCUT2D eigenvalue weighted by Crippen LogP contribution is 2.42. The summed E-state index contributed by atoms with van der Waals surface area (Å²) in [6, 6.07) is 3.85. The van der Waals surface area contributed by atoms with Crippen molar-refractivity contribution in [2.45, 2.75) is 13.8 Å². The highest BCUT2D eigenvalue weighted by molar-refractivity contribution is 5.74. The van der Waals surface area contributed by atoms with Crippen molar-refractivity contribution in [1.82, 2.24) is 10.2 Å². The minimum Gasteiger partial charge on any atom is -0.493 e. The van der Waals surface area contributed by atoms with Crippen LogP contribution in [-0.2, 0) is 0 Å². The lowest BCUT2D eigenvalue weighted by Crippen LogP contribution is -1.96. The average Bonchev–Trinajstić information content (AvgIpc) is 2.76. The fourth-order valence-electron chi connectivity index (χ4n) is 2.20. The first kappa shape index (κ1) is 13.3. The molecule has 0 unspecified atom stereocenters. The summed E-state index contributed by atoms with van der Waals surface area (Å²) in [6.45, 7) is 3.94. The zero-order chi connectivity index (χ0) is 14.0. The third kappa shape index (κ3) is 2.23. The van der Waals surface area contributed by atoms with Crippen molar-refractivity contribution in [3.63, 3.8) is 0 Å². The van der Waals surface area contributed by atoms with Crippen LogP contribution in [0.5, 0.6) is 17.2 Å². The predicted molar refractivity (Wildman–Crippen MR) is 73.2 cm³/mol. The van der Waals surface area contributed by atoms with Gasteiger partial charge in [0, 0.05) is 11.3 Å². The number of aryl methyl sites for hydroxylation is 2. The molecule has 1 aromatic carbocycles. The van der Waals surface area contributed by atoms with Gasteiger partial charge in [0.25, 0.3) is 0 Å². The second kappa shape index (κ2) is 5.22. The first-order valence-corrected chi connectivity index (χ1v) is 5.94. The first-order chi connectivity index (χ1) is 9.12. The van der Waals surface area contributed by atoms with Crippen LogP contribution < -0.4 is 14.2 Å². The van der Waals surface area contributed by atoms with Gasteiger partial charge in [-0.1, -0.05) is 0 Å². The van der Waals surface area contributed by atoms with Gasteiger partial charge in [-0.3, -0.25) is 5.10 Å². The lowest BCUT2D eigenvalue weighted by molar-refractivity contribution is 0.324. The molecule has 0 saturated heterocycles. The molecular weight excluding hydrogens is 244 g/mol. The summed E-state index contributed by atoms with van der Waals surface area (Å²) in [6.07, 6.45) is 0. The SMILES string of the molecule is COc1cc(-c2c(C)n[nH]c2C)cc(OC)c1OC. The van der Waals surface area contributed by atoms with E-state index in [0.717, 1.165) is 22.5 Å². The fraction of sp³-hybridized carbons (Fsp3) is 0.357. The Morgan fingerprint density at radius 1 is 0.947 bits per heavy atom. The third-order valence-corrected chi connectivity index (χ3v) is 3.08. The van der Waals surface area contributed by atoms with Crippen LogP contribution in [0.15, 0.2) is 12.1 Å². The van der Waals surface area contributed by atoms with Crippen LogP contribution >= 0.6 is 0 Å². The Morgan fingerprint density at radius 2 is 1.53 bits per heavy atom. The summed E-state index contributed by atoms with van der Waals surface area (Å²) in [7, 11) is 4.81. The predicted octanol–water partition coefficient (Wildman–Crippen LogP) is 2.72. The Hall–Kier alpha value is -2.17. The van der Waals surface area contributed by atoms with Crippen molar-refractivity contribution < 1.29 is 14.2 Å². The molecule has 102 valence electrons. The minimum absolute atomic E-state index is 0.590. The first-order valence-electron chi connectivity index (χ1n) is 5.94. The number of nitrogens with zero attached hydrogens (tertiary/aromatic N) is 1. The number of aromatic nitrogens is 2.